The van der Waals surface area contributed by atoms with Crippen LogP contribution in [0.15, 0.2) is 0 Å². The van der Waals surface area contributed by atoms with Crippen LogP contribution in [0.1, 0.15) is 41.0 Å². The van der Waals surface area contributed by atoms with Crippen molar-refractivity contribution in [3.8, 4) is 0 Å². The minimum atomic E-state index is -1.73. The van der Waals surface area contributed by atoms with Gasteiger partial charge in [-0.1, -0.05) is 20.8 Å². The van der Waals surface area contributed by atoms with Crippen LogP contribution in [0.25, 0.3) is 0 Å². The highest BCUT2D eigenvalue weighted by atomic mass is 28.4. The van der Waals surface area contributed by atoms with Gasteiger partial charge in [-0.3, -0.25) is 0 Å². The molecule has 4 nitrogen and oxygen atoms in total. The first kappa shape index (κ1) is 16.8. The Labute approximate surface area is 117 Å². The Morgan fingerprint density at radius 1 is 1.26 bits per heavy atom. The van der Waals surface area contributed by atoms with Crippen LogP contribution in [0.3, 0.4) is 0 Å². The Bertz CT molecular complexity index is 320. The fourth-order valence-electron chi connectivity index (χ4n) is 1.85. The molecule has 1 aliphatic heterocycles. The average Bonchev–Trinajstić information content (AvgIpc) is 2.51. The molecule has 112 valence electrons. The minimum absolute atomic E-state index is 0.197. The number of ether oxygens (including phenoxy) is 2. The van der Waals surface area contributed by atoms with E-state index in [9.17, 15) is 4.79 Å². The van der Waals surface area contributed by atoms with Crippen LogP contribution < -0.4 is 0 Å². The number of aldehydes is 1. The predicted molar refractivity (Wildman–Crippen MR) is 77.7 cm³/mol. The second kappa shape index (κ2) is 5.64. The van der Waals surface area contributed by atoms with E-state index in [4.69, 9.17) is 13.9 Å². The molecule has 0 aromatic carbocycles. The summed E-state index contributed by atoms with van der Waals surface area (Å²) in [5.41, 5.74) is 0. The molecule has 1 aliphatic rings. The quantitative estimate of drug-likeness (QED) is 0.576. The van der Waals surface area contributed by atoms with Crippen molar-refractivity contribution in [1.82, 2.24) is 0 Å². The van der Waals surface area contributed by atoms with Gasteiger partial charge in [0.15, 0.2) is 20.4 Å². The van der Waals surface area contributed by atoms with Gasteiger partial charge >= 0.3 is 0 Å². The molecule has 0 saturated carbocycles. The predicted octanol–water partition coefficient (Wildman–Crippen LogP) is 3.12. The van der Waals surface area contributed by atoms with E-state index in [-0.39, 0.29) is 11.1 Å². The molecule has 0 aliphatic carbocycles. The van der Waals surface area contributed by atoms with Gasteiger partial charge < -0.3 is 18.7 Å². The molecule has 5 heteroatoms. The van der Waals surface area contributed by atoms with Gasteiger partial charge in [0.05, 0.1) is 6.10 Å². The van der Waals surface area contributed by atoms with Crippen LogP contribution in [0.4, 0.5) is 0 Å². The molecule has 1 heterocycles. The SMILES string of the molecule is CC1(C)O[C@@H](CCO[Si](C)(C)C(C)(C)C)[C@@H](C=O)O1. The summed E-state index contributed by atoms with van der Waals surface area (Å²) in [5.74, 6) is -0.673. The van der Waals surface area contributed by atoms with Crippen molar-refractivity contribution in [2.75, 3.05) is 6.61 Å². The zero-order chi connectivity index (χ0) is 14.9. The number of hydrogen-bond acceptors (Lipinski definition) is 4. The summed E-state index contributed by atoms with van der Waals surface area (Å²) in [6.07, 6.45) is 0.848. The van der Waals surface area contributed by atoms with Crippen molar-refractivity contribution in [3.63, 3.8) is 0 Å². The fraction of sp³-hybridized carbons (Fsp3) is 0.929. The molecule has 0 unspecified atom stereocenters. The van der Waals surface area contributed by atoms with Gasteiger partial charge in [-0.05, 0) is 38.4 Å². The van der Waals surface area contributed by atoms with Gasteiger partial charge in [-0.25, -0.2) is 0 Å². The lowest BCUT2D eigenvalue weighted by Gasteiger charge is -2.36. The molecule has 1 rings (SSSR count). The largest absolute Gasteiger partial charge is 0.417 e. The molecular formula is C14H28O4Si. The molecule has 0 amide bonds. The van der Waals surface area contributed by atoms with Gasteiger partial charge in [0.1, 0.15) is 6.10 Å². The Morgan fingerprint density at radius 2 is 1.84 bits per heavy atom. The zero-order valence-electron chi connectivity index (χ0n) is 13.3. The van der Waals surface area contributed by atoms with Crippen molar-refractivity contribution < 1.29 is 18.7 Å². The van der Waals surface area contributed by atoms with E-state index < -0.39 is 20.2 Å². The molecule has 1 fully saturated rings. The summed E-state index contributed by atoms with van der Waals surface area (Å²) in [4.78, 5) is 11.0. The van der Waals surface area contributed by atoms with Gasteiger partial charge in [-0.2, -0.15) is 0 Å². The third-order valence-corrected chi connectivity index (χ3v) is 8.57. The van der Waals surface area contributed by atoms with Gasteiger partial charge in [-0.15, -0.1) is 0 Å². The van der Waals surface area contributed by atoms with Crippen LogP contribution >= 0.6 is 0 Å². The van der Waals surface area contributed by atoms with Crippen molar-refractivity contribution in [1.29, 1.82) is 0 Å². The molecular weight excluding hydrogens is 260 g/mol. The van der Waals surface area contributed by atoms with Gasteiger partial charge in [0.2, 0.25) is 0 Å². The first-order valence-electron chi connectivity index (χ1n) is 6.93. The van der Waals surface area contributed by atoms with E-state index in [1.54, 1.807) is 0 Å². The third-order valence-electron chi connectivity index (χ3n) is 4.03. The molecule has 2 atom stereocenters. The first-order valence-corrected chi connectivity index (χ1v) is 9.84. The molecule has 0 aromatic heterocycles. The van der Waals surface area contributed by atoms with Crippen molar-refractivity contribution >= 4 is 14.6 Å². The van der Waals surface area contributed by atoms with Gasteiger partial charge in [0, 0.05) is 6.61 Å². The van der Waals surface area contributed by atoms with Crippen LogP contribution in [0, 0.1) is 0 Å². The Balaban J connectivity index is 2.48. The molecule has 1 saturated heterocycles. The number of rotatable bonds is 5. The summed E-state index contributed by atoms with van der Waals surface area (Å²) in [6, 6.07) is 0. The van der Waals surface area contributed by atoms with Crippen LogP contribution in [-0.4, -0.2) is 39.2 Å². The van der Waals surface area contributed by atoms with Crippen molar-refractivity contribution in [3.05, 3.63) is 0 Å². The number of carbonyl (C=O) groups excluding carboxylic acids is 1. The maximum absolute atomic E-state index is 11.0. The fourth-order valence-corrected chi connectivity index (χ4v) is 2.91. The Kier molecular flexibility index (Phi) is 4.99. The lowest BCUT2D eigenvalue weighted by molar-refractivity contribution is -0.150. The summed E-state index contributed by atoms with van der Waals surface area (Å²) < 4.78 is 17.4. The first-order chi connectivity index (χ1) is 8.48. The van der Waals surface area contributed by atoms with E-state index in [2.05, 4.69) is 33.9 Å². The smallest absolute Gasteiger partial charge is 0.191 e. The van der Waals surface area contributed by atoms with E-state index in [0.29, 0.717) is 13.0 Å². The lowest BCUT2D eigenvalue weighted by Crippen LogP contribution is -2.41. The van der Waals surface area contributed by atoms with Crippen molar-refractivity contribution in [2.24, 2.45) is 0 Å². The minimum Gasteiger partial charge on any atom is -0.417 e. The lowest BCUT2D eigenvalue weighted by atomic mass is 10.2. The maximum atomic E-state index is 11.0. The molecule has 19 heavy (non-hydrogen) atoms. The van der Waals surface area contributed by atoms with E-state index in [1.165, 1.54) is 0 Å². The normalized spacial score (nSPS) is 27.5. The second-order valence-electron chi connectivity index (χ2n) is 7.17. The van der Waals surface area contributed by atoms with E-state index in [0.717, 1.165) is 6.29 Å². The Hall–Kier alpha value is -0.233. The summed E-state index contributed by atoms with van der Waals surface area (Å²) >= 11 is 0. The van der Waals surface area contributed by atoms with Crippen LogP contribution in [0.2, 0.25) is 18.1 Å². The summed E-state index contributed by atoms with van der Waals surface area (Å²) in [6.45, 7) is 15.4. The topological polar surface area (TPSA) is 44.8 Å². The highest BCUT2D eigenvalue weighted by Gasteiger charge is 2.42. The Morgan fingerprint density at radius 3 is 2.32 bits per heavy atom. The number of carbonyl (C=O) groups is 1. The van der Waals surface area contributed by atoms with Gasteiger partial charge in [0.25, 0.3) is 0 Å². The van der Waals surface area contributed by atoms with Crippen LogP contribution in [-0.2, 0) is 18.7 Å². The van der Waals surface area contributed by atoms with E-state index in [1.807, 2.05) is 13.8 Å². The maximum Gasteiger partial charge on any atom is 0.191 e. The molecule has 0 radical (unpaired) electrons. The summed E-state index contributed by atoms with van der Waals surface area (Å²) in [7, 11) is -1.73. The monoisotopic (exact) mass is 288 g/mol. The standard InChI is InChI=1S/C14H28O4Si/c1-13(2,3)19(6,7)16-9-8-11-12(10-15)18-14(4,5)17-11/h10-12H,8-9H2,1-7H3/t11-,12+/m0/s1. The highest BCUT2D eigenvalue weighted by molar-refractivity contribution is 6.74. The second-order valence-corrected chi connectivity index (χ2v) is 12.0. The highest BCUT2D eigenvalue weighted by Crippen LogP contribution is 2.37. The molecule has 0 N–H and O–H groups in total. The number of hydrogen-bond donors (Lipinski definition) is 0. The van der Waals surface area contributed by atoms with Crippen molar-refractivity contribution in [2.45, 2.75) is 77.2 Å². The molecule has 0 aromatic rings. The third kappa shape index (κ3) is 4.38. The van der Waals surface area contributed by atoms with E-state index >= 15 is 0 Å². The molecule has 0 bridgehead atoms. The van der Waals surface area contributed by atoms with Crippen LogP contribution in [0.5, 0.6) is 0 Å². The zero-order valence-corrected chi connectivity index (χ0v) is 14.3. The average molecular weight is 288 g/mol. The molecule has 0 spiro atoms. The summed E-state index contributed by atoms with van der Waals surface area (Å²) in [5, 5.41) is 0.198.